The van der Waals surface area contributed by atoms with Gasteiger partial charge in [0.2, 0.25) is 0 Å². The van der Waals surface area contributed by atoms with Crippen molar-refractivity contribution in [1.29, 1.82) is 0 Å². The van der Waals surface area contributed by atoms with Gasteiger partial charge >= 0.3 is 5.97 Å². The summed E-state index contributed by atoms with van der Waals surface area (Å²) in [5, 5.41) is 1.11. The Bertz CT molecular complexity index is 411. The number of hydrogen-bond donors (Lipinski definition) is 0. The number of aromatic nitrogens is 1. The van der Waals surface area contributed by atoms with Gasteiger partial charge in [-0.3, -0.25) is 4.79 Å². The van der Waals surface area contributed by atoms with Gasteiger partial charge in [-0.1, -0.05) is 6.92 Å². The van der Waals surface area contributed by atoms with Crippen molar-refractivity contribution in [2.24, 2.45) is 0 Å². The standard InChI is InChI=1S/C13H20N2O2S.ClH/c1-3-10-5-4-8-15(10)13-14-9-11(18-13)6-7-12(16)17-2;/h9-10H,3-8H2,1-2H3;1H/t10-;/m0./s1. The molecule has 0 amide bonds. The quantitative estimate of drug-likeness (QED) is 0.784. The molecule has 4 nitrogen and oxygen atoms in total. The molecule has 2 rings (SSSR count). The second-order valence-corrected chi connectivity index (χ2v) is 5.68. The molecule has 1 fully saturated rings. The Morgan fingerprint density at radius 3 is 3.11 bits per heavy atom. The molecule has 0 unspecified atom stereocenters. The second kappa shape index (κ2) is 7.70. The zero-order valence-corrected chi connectivity index (χ0v) is 13.1. The lowest BCUT2D eigenvalue weighted by Gasteiger charge is -2.22. The van der Waals surface area contributed by atoms with Crippen LogP contribution in [-0.2, 0) is 16.0 Å². The molecule has 1 aliphatic heterocycles. The van der Waals surface area contributed by atoms with Crippen LogP contribution in [0.5, 0.6) is 0 Å². The van der Waals surface area contributed by atoms with Crippen LogP contribution in [0.2, 0.25) is 0 Å². The van der Waals surface area contributed by atoms with E-state index in [1.165, 1.54) is 26.4 Å². The summed E-state index contributed by atoms with van der Waals surface area (Å²) in [6.45, 7) is 3.34. The van der Waals surface area contributed by atoms with Gasteiger partial charge in [0.25, 0.3) is 0 Å². The molecular weight excluding hydrogens is 284 g/mol. The van der Waals surface area contributed by atoms with Gasteiger partial charge < -0.3 is 9.64 Å². The number of carbonyl (C=O) groups excluding carboxylic acids is 1. The van der Waals surface area contributed by atoms with Crippen molar-refractivity contribution in [3.63, 3.8) is 0 Å². The molecule has 2 heterocycles. The Kier molecular flexibility index (Phi) is 6.58. The van der Waals surface area contributed by atoms with E-state index >= 15 is 0 Å². The highest BCUT2D eigenvalue weighted by molar-refractivity contribution is 7.15. The molecule has 0 bridgehead atoms. The van der Waals surface area contributed by atoms with Gasteiger partial charge in [0.05, 0.1) is 13.5 Å². The van der Waals surface area contributed by atoms with Crippen LogP contribution >= 0.6 is 23.7 Å². The van der Waals surface area contributed by atoms with Crippen LogP contribution in [0, 0.1) is 0 Å². The van der Waals surface area contributed by atoms with Gasteiger partial charge in [-0.2, -0.15) is 0 Å². The van der Waals surface area contributed by atoms with Crippen molar-refractivity contribution in [1.82, 2.24) is 4.98 Å². The SMILES string of the molecule is CC[C@H]1CCCN1c1ncc(CCC(=O)OC)s1.Cl. The van der Waals surface area contributed by atoms with Gasteiger partial charge in [-0.25, -0.2) is 4.98 Å². The van der Waals surface area contributed by atoms with Crippen molar-refractivity contribution in [3.8, 4) is 0 Å². The normalized spacial score (nSPS) is 18.2. The smallest absolute Gasteiger partial charge is 0.305 e. The van der Waals surface area contributed by atoms with E-state index in [0.29, 0.717) is 12.5 Å². The van der Waals surface area contributed by atoms with Crippen molar-refractivity contribution in [3.05, 3.63) is 11.1 Å². The molecule has 1 aliphatic rings. The summed E-state index contributed by atoms with van der Waals surface area (Å²) < 4.78 is 4.65. The minimum Gasteiger partial charge on any atom is -0.469 e. The topological polar surface area (TPSA) is 42.4 Å². The number of methoxy groups -OCH3 is 1. The zero-order chi connectivity index (χ0) is 13.0. The lowest BCUT2D eigenvalue weighted by molar-refractivity contribution is -0.140. The minimum absolute atomic E-state index is 0. The largest absolute Gasteiger partial charge is 0.469 e. The third-order valence-corrected chi connectivity index (χ3v) is 4.53. The van der Waals surface area contributed by atoms with Crippen molar-refractivity contribution >= 4 is 34.8 Å². The Labute approximate surface area is 124 Å². The van der Waals surface area contributed by atoms with Gasteiger partial charge in [-0.05, 0) is 25.7 Å². The number of nitrogens with zero attached hydrogens (tertiary/aromatic N) is 2. The summed E-state index contributed by atoms with van der Waals surface area (Å²) >= 11 is 1.71. The van der Waals surface area contributed by atoms with Crippen LogP contribution in [0.25, 0.3) is 0 Å². The summed E-state index contributed by atoms with van der Waals surface area (Å²) in [6.07, 6.45) is 6.78. The first kappa shape index (κ1) is 16.2. The van der Waals surface area contributed by atoms with E-state index < -0.39 is 0 Å². The first-order valence-corrected chi connectivity index (χ1v) is 7.34. The molecule has 0 spiro atoms. The van der Waals surface area contributed by atoms with E-state index in [1.54, 1.807) is 11.3 Å². The van der Waals surface area contributed by atoms with Crippen LogP contribution in [0.15, 0.2) is 6.20 Å². The fourth-order valence-corrected chi connectivity index (χ4v) is 3.39. The summed E-state index contributed by atoms with van der Waals surface area (Å²) in [5.41, 5.74) is 0. The summed E-state index contributed by atoms with van der Waals surface area (Å²) in [7, 11) is 1.43. The summed E-state index contributed by atoms with van der Waals surface area (Å²) in [6, 6.07) is 0.643. The average Bonchev–Trinajstić information content (AvgIpc) is 3.03. The van der Waals surface area contributed by atoms with E-state index in [1.807, 2.05) is 6.20 Å². The van der Waals surface area contributed by atoms with Crippen LogP contribution in [-0.4, -0.2) is 30.6 Å². The van der Waals surface area contributed by atoms with Gasteiger partial charge in [-0.15, -0.1) is 23.7 Å². The van der Waals surface area contributed by atoms with Crippen LogP contribution in [0.4, 0.5) is 5.13 Å². The molecule has 0 aliphatic carbocycles. The number of anilines is 1. The fraction of sp³-hybridized carbons (Fsp3) is 0.692. The first-order chi connectivity index (χ1) is 8.74. The van der Waals surface area contributed by atoms with Gasteiger partial charge in [0, 0.05) is 23.7 Å². The summed E-state index contributed by atoms with van der Waals surface area (Å²) in [5.74, 6) is -0.155. The maximum Gasteiger partial charge on any atom is 0.305 e. The third-order valence-electron chi connectivity index (χ3n) is 3.44. The fourth-order valence-electron chi connectivity index (χ4n) is 2.38. The number of rotatable bonds is 5. The number of hydrogen-bond acceptors (Lipinski definition) is 5. The molecule has 1 aromatic rings. The van der Waals surface area contributed by atoms with Crippen LogP contribution in [0.3, 0.4) is 0 Å². The molecule has 1 atom stereocenters. The van der Waals surface area contributed by atoms with Crippen molar-refractivity contribution < 1.29 is 9.53 Å². The number of carbonyl (C=O) groups is 1. The lowest BCUT2D eigenvalue weighted by atomic mass is 10.2. The predicted octanol–water partition coefficient (Wildman–Crippen LogP) is 3.05. The number of ether oxygens (including phenoxy) is 1. The predicted molar refractivity (Wildman–Crippen MR) is 80.4 cm³/mol. The minimum atomic E-state index is -0.155. The van der Waals surface area contributed by atoms with Crippen molar-refractivity contribution in [2.45, 2.75) is 45.1 Å². The Hall–Kier alpha value is -0.810. The van der Waals surface area contributed by atoms with Crippen molar-refractivity contribution in [2.75, 3.05) is 18.6 Å². The molecule has 19 heavy (non-hydrogen) atoms. The highest BCUT2D eigenvalue weighted by atomic mass is 35.5. The zero-order valence-electron chi connectivity index (χ0n) is 11.4. The lowest BCUT2D eigenvalue weighted by Crippen LogP contribution is -2.28. The van der Waals surface area contributed by atoms with Gasteiger partial charge in [0.15, 0.2) is 5.13 Å². The van der Waals surface area contributed by atoms with E-state index in [0.717, 1.165) is 23.0 Å². The molecule has 0 aromatic carbocycles. The van der Waals surface area contributed by atoms with E-state index in [-0.39, 0.29) is 18.4 Å². The highest BCUT2D eigenvalue weighted by Crippen LogP contribution is 2.31. The van der Waals surface area contributed by atoms with E-state index in [9.17, 15) is 4.79 Å². The Morgan fingerprint density at radius 2 is 2.42 bits per heavy atom. The van der Waals surface area contributed by atoms with Crippen LogP contribution < -0.4 is 4.90 Å². The maximum absolute atomic E-state index is 11.1. The summed E-state index contributed by atoms with van der Waals surface area (Å²) in [4.78, 5) is 19.2. The monoisotopic (exact) mass is 304 g/mol. The molecule has 1 aromatic heterocycles. The average molecular weight is 305 g/mol. The second-order valence-electron chi connectivity index (χ2n) is 4.58. The number of aryl methyl sites for hydroxylation is 1. The first-order valence-electron chi connectivity index (χ1n) is 6.52. The Morgan fingerprint density at radius 1 is 1.63 bits per heavy atom. The number of thiazole rings is 1. The molecule has 0 saturated carbocycles. The number of halogens is 1. The molecule has 6 heteroatoms. The molecular formula is C13H21ClN2O2S. The molecule has 108 valence electrons. The molecule has 1 saturated heterocycles. The third kappa shape index (κ3) is 4.08. The van der Waals surface area contributed by atoms with Gasteiger partial charge in [0.1, 0.15) is 0 Å². The molecule has 0 radical (unpaired) electrons. The Balaban J connectivity index is 0.00000180. The number of esters is 1. The maximum atomic E-state index is 11.1. The van der Waals surface area contributed by atoms with Crippen LogP contribution in [0.1, 0.15) is 37.5 Å². The molecule has 0 N–H and O–H groups in total. The van der Waals surface area contributed by atoms with E-state index in [4.69, 9.17) is 0 Å². The van der Waals surface area contributed by atoms with E-state index in [2.05, 4.69) is 21.5 Å². The highest BCUT2D eigenvalue weighted by Gasteiger charge is 2.25.